The van der Waals surface area contributed by atoms with Gasteiger partial charge in [0.25, 0.3) is 11.8 Å². The van der Waals surface area contributed by atoms with E-state index in [1.165, 1.54) is 50.0 Å². The van der Waals surface area contributed by atoms with Crippen LogP contribution in [0.2, 0.25) is 10.0 Å². The molecule has 2 aromatic carbocycles. The highest BCUT2D eigenvalue weighted by molar-refractivity contribution is 9.10. The number of carbonyl (C=O) groups excluding carboxylic acids is 3. The number of hydrogen-bond acceptors (Lipinski definition) is 4. The Kier molecular flexibility index (Phi) is 9.56. The highest BCUT2D eigenvalue weighted by Crippen LogP contribution is 2.31. The van der Waals surface area contributed by atoms with E-state index < -0.39 is 17.8 Å². The lowest BCUT2D eigenvalue weighted by molar-refractivity contribution is -0.122. The number of urea groups is 1. The van der Waals surface area contributed by atoms with Crippen molar-refractivity contribution in [2.45, 2.75) is 45.4 Å². The number of anilines is 1. The quantitative estimate of drug-likeness (QED) is 0.188. The Hall–Kier alpha value is -2.35. The predicted octanol–water partition coefficient (Wildman–Crippen LogP) is 7.16. The topological polar surface area (TPSA) is 75.7 Å². The van der Waals surface area contributed by atoms with E-state index in [0.717, 1.165) is 22.2 Å². The van der Waals surface area contributed by atoms with E-state index in [-0.39, 0.29) is 21.3 Å². The van der Waals surface area contributed by atoms with Gasteiger partial charge >= 0.3 is 6.03 Å². The summed E-state index contributed by atoms with van der Waals surface area (Å²) in [5, 5.41) is 2.66. The molecule has 0 aliphatic carbocycles. The fourth-order valence-electron chi connectivity index (χ4n) is 3.50. The van der Waals surface area contributed by atoms with E-state index in [1.807, 2.05) is 6.07 Å². The second-order valence-corrected chi connectivity index (χ2v) is 9.58. The third-order valence-electron chi connectivity index (χ3n) is 5.29. The van der Waals surface area contributed by atoms with Crippen LogP contribution in [0, 0.1) is 0 Å². The lowest BCUT2D eigenvalue weighted by atomic mass is 10.1. The molecule has 34 heavy (non-hydrogen) atoms. The number of rotatable bonds is 10. The molecule has 0 unspecified atom stereocenters. The van der Waals surface area contributed by atoms with E-state index in [4.69, 9.17) is 27.9 Å². The number of halogens is 3. The van der Waals surface area contributed by atoms with Crippen LogP contribution >= 0.6 is 39.1 Å². The summed E-state index contributed by atoms with van der Waals surface area (Å²) in [6.45, 7) is 2.71. The second-order valence-electron chi connectivity index (χ2n) is 7.85. The van der Waals surface area contributed by atoms with Crippen molar-refractivity contribution in [2.24, 2.45) is 0 Å². The lowest BCUT2D eigenvalue weighted by Gasteiger charge is -2.26. The molecule has 1 aliphatic rings. The van der Waals surface area contributed by atoms with Crippen molar-refractivity contribution in [2.75, 3.05) is 11.5 Å². The maximum Gasteiger partial charge on any atom is 0.335 e. The van der Waals surface area contributed by atoms with E-state index in [0.29, 0.717) is 17.9 Å². The zero-order valence-electron chi connectivity index (χ0n) is 18.7. The fraction of sp³-hybridized carbons (Fsp3) is 0.320. The standard InChI is InChI=1S/C25H25BrCl2N2O4/c1-2-3-4-5-6-7-12-34-22-11-8-17(26)13-16(22)14-19-23(31)29-25(33)30(24(19)32)18-9-10-20(27)21(28)15-18/h8-11,13-15H,2-7,12H2,1H3,(H,29,31,33)/b19-14-. The van der Waals surface area contributed by atoms with Crippen LogP contribution in [0.15, 0.2) is 46.4 Å². The molecule has 0 saturated carbocycles. The smallest absolute Gasteiger partial charge is 0.335 e. The number of carbonyl (C=O) groups is 3. The molecule has 0 aromatic heterocycles. The van der Waals surface area contributed by atoms with Crippen molar-refractivity contribution in [1.82, 2.24) is 5.32 Å². The van der Waals surface area contributed by atoms with Gasteiger partial charge in [0.15, 0.2) is 0 Å². The monoisotopic (exact) mass is 566 g/mol. The largest absolute Gasteiger partial charge is 0.493 e. The molecule has 1 N–H and O–H groups in total. The van der Waals surface area contributed by atoms with Crippen LogP contribution in [-0.4, -0.2) is 24.5 Å². The Morgan fingerprint density at radius 2 is 1.71 bits per heavy atom. The van der Waals surface area contributed by atoms with Gasteiger partial charge < -0.3 is 4.74 Å². The molecule has 2 aromatic rings. The maximum absolute atomic E-state index is 13.2. The molecule has 0 radical (unpaired) electrons. The van der Waals surface area contributed by atoms with Crippen molar-refractivity contribution < 1.29 is 19.1 Å². The van der Waals surface area contributed by atoms with Crippen LogP contribution in [0.3, 0.4) is 0 Å². The summed E-state index contributed by atoms with van der Waals surface area (Å²) in [6.07, 6.45) is 8.25. The number of nitrogens with zero attached hydrogens (tertiary/aromatic N) is 1. The van der Waals surface area contributed by atoms with Gasteiger partial charge in [0.2, 0.25) is 0 Å². The third-order valence-corrected chi connectivity index (χ3v) is 6.52. The van der Waals surface area contributed by atoms with Gasteiger partial charge in [-0.15, -0.1) is 0 Å². The molecule has 6 nitrogen and oxygen atoms in total. The summed E-state index contributed by atoms with van der Waals surface area (Å²) < 4.78 is 6.71. The minimum Gasteiger partial charge on any atom is -0.493 e. The van der Waals surface area contributed by atoms with Crippen molar-refractivity contribution in [1.29, 1.82) is 0 Å². The highest BCUT2D eigenvalue weighted by Gasteiger charge is 2.37. The maximum atomic E-state index is 13.2. The van der Waals surface area contributed by atoms with Crippen LogP contribution in [0.5, 0.6) is 5.75 Å². The number of barbiturate groups is 1. The summed E-state index contributed by atoms with van der Waals surface area (Å²) in [5.74, 6) is -1.01. The van der Waals surface area contributed by atoms with E-state index in [1.54, 1.807) is 12.1 Å². The van der Waals surface area contributed by atoms with E-state index in [9.17, 15) is 14.4 Å². The van der Waals surface area contributed by atoms with Crippen LogP contribution in [-0.2, 0) is 9.59 Å². The highest BCUT2D eigenvalue weighted by atomic mass is 79.9. The average Bonchev–Trinajstić information content (AvgIpc) is 2.79. The molecule has 0 spiro atoms. The molecule has 1 aliphatic heterocycles. The molecular weight excluding hydrogens is 543 g/mol. The molecule has 1 heterocycles. The first-order valence-corrected chi connectivity index (χ1v) is 12.7. The van der Waals surface area contributed by atoms with Gasteiger partial charge in [-0.2, -0.15) is 0 Å². The molecule has 0 atom stereocenters. The lowest BCUT2D eigenvalue weighted by Crippen LogP contribution is -2.54. The number of amides is 4. The van der Waals surface area contributed by atoms with Gasteiger partial charge in [-0.25, -0.2) is 9.69 Å². The van der Waals surface area contributed by atoms with Crippen molar-refractivity contribution in [3.8, 4) is 5.75 Å². The van der Waals surface area contributed by atoms with Gasteiger partial charge in [-0.05, 0) is 48.9 Å². The normalized spacial score (nSPS) is 15.1. The van der Waals surface area contributed by atoms with Gasteiger partial charge in [-0.3, -0.25) is 14.9 Å². The Bertz CT molecular complexity index is 1120. The summed E-state index contributed by atoms with van der Waals surface area (Å²) in [4.78, 5) is 39.0. The number of hydrogen-bond donors (Lipinski definition) is 1. The Morgan fingerprint density at radius 1 is 0.971 bits per heavy atom. The SMILES string of the molecule is CCCCCCCCOc1ccc(Br)cc1/C=C1/C(=O)NC(=O)N(c2ccc(Cl)c(Cl)c2)C1=O. The van der Waals surface area contributed by atoms with Crippen LogP contribution in [0.1, 0.15) is 51.0 Å². The number of ether oxygens (including phenoxy) is 1. The van der Waals surface area contributed by atoms with Gasteiger partial charge in [0.05, 0.1) is 22.3 Å². The zero-order valence-corrected chi connectivity index (χ0v) is 21.8. The molecular formula is C25H25BrCl2N2O4. The van der Waals surface area contributed by atoms with Gasteiger partial charge in [0, 0.05) is 10.0 Å². The van der Waals surface area contributed by atoms with Crippen molar-refractivity contribution in [3.63, 3.8) is 0 Å². The van der Waals surface area contributed by atoms with Crippen molar-refractivity contribution in [3.05, 3.63) is 62.1 Å². The Balaban J connectivity index is 1.82. The number of nitrogens with one attached hydrogen (secondary N) is 1. The van der Waals surface area contributed by atoms with Crippen LogP contribution in [0.4, 0.5) is 10.5 Å². The number of unbranched alkanes of at least 4 members (excludes halogenated alkanes) is 5. The first-order chi connectivity index (χ1) is 16.3. The number of imide groups is 2. The zero-order chi connectivity index (χ0) is 24.7. The first kappa shape index (κ1) is 26.3. The molecule has 1 saturated heterocycles. The summed E-state index contributed by atoms with van der Waals surface area (Å²) in [5.41, 5.74) is 0.541. The van der Waals surface area contributed by atoms with Crippen LogP contribution < -0.4 is 15.0 Å². The molecule has 180 valence electrons. The van der Waals surface area contributed by atoms with Gasteiger partial charge in [0.1, 0.15) is 11.3 Å². The van der Waals surface area contributed by atoms with E-state index >= 15 is 0 Å². The minimum absolute atomic E-state index is 0.180. The predicted molar refractivity (Wildman–Crippen MR) is 138 cm³/mol. The van der Waals surface area contributed by atoms with Crippen molar-refractivity contribution >= 4 is 68.7 Å². The Labute approximate surface area is 217 Å². The molecule has 3 rings (SSSR count). The minimum atomic E-state index is -0.862. The molecule has 0 bridgehead atoms. The summed E-state index contributed by atoms with van der Waals surface area (Å²) in [6, 6.07) is 8.84. The third kappa shape index (κ3) is 6.62. The molecule has 9 heteroatoms. The first-order valence-electron chi connectivity index (χ1n) is 11.1. The van der Waals surface area contributed by atoms with Crippen LogP contribution in [0.25, 0.3) is 6.08 Å². The summed E-state index contributed by atoms with van der Waals surface area (Å²) >= 11 is 15.4. The van der Waals surface area contributed by atoms with Gasteiger partial charge in [-0.1, -0.05) is 78.2 Å². The van der Waals surface area contributed by atoms with E-state index in [2.05, 4.69) is 28.2 Å². The fourth-order valence-corrected chi connectivity index (χ4v) is 4.17. The molecule has 1 fully saturated rings. The number of benzene rings is 2. The summed E-state index contributed by atoms with van der Waals surface area (Å²) in [7, 11) is 0. The average molecular weight is 568 g/mol. The Morgan fingerprint density at radius 3 is 2.44 bits per heavy atom. The second kappa shape index (κ2) is 12.4. The molecule has 4 amide bonds.